The molecule has 0 spiro atoms. The van der Waals surface area contributed by atoms with E-state index in [1.54, 1.807) is 0 Å². The molecule has 2 atom stereocenters. The highest BCUT2D eigenvalue weighted by Crippen LogP contribution is 2.25. The average molecular weight is 322 g/mol. The number of anilines is 1. The normalized spacial score (nSPS) is 24.8. The molecule has 0 saturated carbocycles. The van der Waals surface area contributed by atoms with E-state index in [0.29, 0.717) is 12.5 Å². The number of halogens is 1. The van der Waals surface area contributed by atoms with Gasteiger partial charge < -0.3 is 9.80 Å². The number of benzene rings is 1. The number of hydrogen-bond donors (Lipinski definition) is 0. The van der Waals surface area contributed by atoms with E-state index in [1.807, 2.05) is 0 Å². The first-order valence-corrected chi connectivity index (χ1v) is 7.50. The number of rotatable bonds is 2. The molecule has 2 unspecified atom stereocenters. The van der Waals surface area contributed by atoms with E-state index >= 15 is 0 Å². The quantitative estimate of drug-likeness (QED) is 0.837. The lowest BCUT2D eigenvalue weighted by Crippen LogP contribution is -2.40. The van der Waals surface area contributed by atoms with E-state index in [2.05, 4.69) is 70.0 Å². The van der Waals surface area contributed by atoms with Crippen molar-refractivity contribution in [3.63, 3.8) is 0 Å². The maximum absolute atomic E-state index is 9.07. The van der Waals surface area contributed by atoms with Crippen molar-refractivity contribution in [1.82, 2.24) is 4.90 Å². The number of hydrogen-bond acceptors (Lipinski definition) is 3. The second kappa shape index (κ2) is 6.40. The van der Waals surface area contributed by atoms with Gasteiger partial charge in [-0.05, 0) is 44.7 Å². The Hall–Kier alpha value is -1.05. The third-order valence-corrected chi connectivity index (χ3v) is 4.49. The van der Waals surface area contributed by atoms with Crippen LogP contribution >= 0.6 is 15.9 Å². The topological polar surface area (TPSA) is 30.3 Å². The largest absolute Gasteiger partial charge is 0.366 e. The molecule has 0 N–H and O–H groups in total. The molecule has 1 saturated heterocycles. The van der Waals surface area contributed by atoms with Crippen LogP contribution in [-0.4, -0.2) is 37.1 Å². The van der Waals surface area contributed by atoms with Crippen LogP contribution in [0.3, 0.4) is 0 Å². The van der Waals surface area contributed by atoms with Gasteiger partial charge in [0.1, 0.15) is 0 Å². The summed E-state index contributed by atoms with van der Waals surface area (Å²) in [5.41, 5.74) is 1.21. The molecule has 2 rings (SSSR count). The summed E-state index contributed by atoms with van der Waals surface area (Å²) in [6.45, 7) is 4.22. The summed E-state index contributed by atoms with van der Waals surface area (Å²) in [5.74, 6) is 0. The van der Waals surface area contributed by atoms with Gasteiger partial charge in [0.05, 0.1) is 18.5 Å². The predicted molar refractivity (Wildman–Crippen MR) is 82.2 cm³/mol. The van der Waals surface area contributed by atoms with Crippen LogP contribution in [0.4, 0.5) is 5.69 Å². The minimum atomic E-state index is 0.279. The molecule has 3 nitrogen and oxygen atoms in total. The Morgan fingerprint density at radius 3 is 2.68 bits per heavy atom. The summed E-state index contributed by atoms with van der Waals surface area (Å²) >= 11 is 3.47. The Bertz CT molecular complexity index is 451. The van der Waals surface area contributed by atoms with Crippen LogP contribution < -0.4 is 4.90 Å². The fourth-order valence-corrected chi connectivity index (χ4v) is 2.86. The highest BCUT2D eigenvalue weighted by molar-refractivity contribution is 9.10. The summed E-state index contributed by atoms with van der Waals surface area (Å²) in [7, 11) is 2.15. The highest BCUT2D eigenvalue weighted by atomic mass is 79.9. The first-order chi connectivity index (χ1) is 9.11. The van der Waals surface area contributed by atoms with Crippen LogP contribution in [0.1, 0.15) is 19.8 Å². The van der Waals surface area contributed by atoms with Gasteiger partial charge in [-0.25, -0.2) is 0 Å². The van der Waals surface area contributed by atoms with Crippen molar-refractivity contribution >= 4 is 21.6 Å². The Morgan fingerprint density at radius 2 is 2.05 bits per heavy atom. The highest BCUT2D eigenvalue weighted by Gasteiger charge is 2.26. The van der Waals surface area contributed by atoms with Crippen LogP contribution in [-0.2, 0) is 0 Å². The molecule has 1 heterocycles. The third-order valence-electron chi connectivity index (χ3n) is 3.96. The standard InChI is InChI=1S/C15H20BrN3/c1-12-8-10-19(14-5-3-13(16)4-6-14)15(7-9-17)11-18(12)2/h3-6,12,15H,7-8,10-11H2,1-2H3. The van der Waals surface area contributed by atoms with Gasteiger partial charge in [0.25, 0.3) is 0 Å². The van der Waals surface area contributed by atoms with Crippen molar-refractivity contribution in [2.24, 2.45) is 0 Å². The predicted octanol–water partition coefficient (Wildman–Crippen LogP) is 3.26. The zero-order chi connectivity index (χ0) is 13.8. The van der Waals surface area contributed by atoms with Gasteiger partial charge in [-0.15, -0.1) is 0 Å². The molecule has 19 heavy (non-hydrogen) atoms. The van der Waals surface area contributed by atoms with E-state index in [4.69, 9.17) is 5.26 Å². The van der Waals surface area contributed by atoms with Gasteiger partial charge in [0, 0.05) is 29.3 Å². The molecule has 1 fully saturated rings. The van der Waals surface area contributed by atoms with E-state index in [1.165, 1.54) is 5.69 Å². The molecular weight excluding hydrogens is 302 g/mol. The molecule has 1 aromatic rings. The lowest BCUT2D eigenvalue weighted by molar-refractivity contribution is 0.255. The zero-order valence-electron chi connectivity index (χ0n) is 11.5. The van der Waals surface area contributed by atoms with Crippen LogP contribution in [0.2, 0.25) is 0 Å². The molecule has 0 bridgehead atoms. The molecular formula is C15H20BrN3. The van der Waals surface area contributed by atoms with E-state index in [-0.39, 0.29) is 6.04 Å². The molecule has 1 aliphatic rings. The van der Waals surface area contributed by atoms with Crippen molar-refractivity contribution in [1.29, 1.82) is 5.26 Å². The molecule has 0 aliphatic carbocycles. The Labute approximate surface area is 123 Å². The molecule has 1 aliphatic heterocycles. The molecule has 102 valence electrons. The van der Waals surface area contributed by atoms with Gasteiger partial charge in [0.2, 0.25) is 0 Å². The Balaban J connectivity index is 2.24. The second-order valence-electron chi connectivity index (χ2n) is 5.26. The third kappa shape index (κ3) is 3.49. The zero-order valence-corrected chi connectivity index (χ0v) is 13.1. The van der Waals surface area contributed by atoms with Crippen LogP contribution in [0.25, 0.3) is 0 Å². The first-order valence-electron chi connectivity index (χ1n) is 6.71. The SMILES string of the molecule is CC1CCN(c2ccc(Br)cc2)C(CC#N)CN1C. The van der Waals surface area contributed by atoms with E-state index < -0.39 is 0 Å². The number of likely N-dealkylation sites (N-methyl/N-ethyl adjacent to an activating group) is 1. The lowest BCUT2D eigenvalue weighted by atomic mass is 10.1. The maximum atomic E-state index is 9.07. The van der Waals surface area contributed by atoms with Crippen molar-refractivity contribution in [3.05, 3.63) is 28.7 Å². The van der Waals surface area contributed by atoms with Crippen LogP contribution in [0.5, 0.6) is 0 Å². The fraction of sp³-hybridized carbons (Fsp3) is 0.533. The van der Waals surface area contributed by atoms with Crippen molar-refractivity contribution in [2.45, 2.75) is 31.8 Å². The van der Waals surface area contributed by atoms with Gasteiger partial charge in [-0.2, -0.15) is 5.26 Å². The van der Waals surface area contributed by atoms with Gasteiger partial charge in [-0.1, -0.05) is 15.9 Å². The van der Waals surface area contributed by atoms with Crippen molar-refractivity contribution < 1.29 is 0 Å². The van der Waals surface area contributed by atoms with Crippen LogP contribution in [0, 0.1) is 11.3 Å². The van der Waals surface area contributed by atoms with E-state index in [9.17, 15) is 0 Å². The number of nitrogens with zero attached hydrogens (tertiary/aromatic N) is 3. The molecule has 0 amide bonds. The molecule has 4 heteroatoms. The molecule has 0 aromatic heterocycles. The summed E-state index contributed by atoms with van der Waals surface area (Å²) in [6, 6.07) is 11.6. The summed E-state index contributed by atoms with van der Waals surface area (Å²) in [6.07, 6.45) is 1.71. The maximum Gasteiger partial charge on any atom is 0.0643 e. The summed E-state index contributed by atoms with van der Waals surface area (Å²) < 4.78 is 1.09. The molecule has 1 aromatic carbocycles. The van der Waals surface area contributed by atoms with Gasteiger partial charge in [0.15, 0.2) is 0 Å². The number of nitriles is 1. The van der Waals surface area contributed by atoms with Crippen molar-refractivity contribution in [3.8, 4) is 6.07 Å². The van der Waals surface area contributed by atoms with E-state index in [0.717, 1.165) is 24.0 Å². The summed E-state index contributed by atoms with van der Waals surface area (Å²) in [5, 5.41) is 9.07. The Kier molecular flexibility index (Phi) is 4.84. The van der Waals surface area contributed by atoms with Crippen molar-refractivity contribution in [2.75, 3.05) is 25.0 Å². The van der Waals surface area contributed by atoms with Gasteiger partial charge >= 0.3 is 0 Å². The lowest BCUT2D eigenvalue weighted by Gasteiger charge is -2.31. The van der Waals surface area contributed by atoms with Crippen LogP contribution in [0.15, 0.2) is 28.7 Å². The Morgan fingerprint density at radius 1 is 1.37 bits per heavy atom. The summed E-state index contributed by atoms with van der Waals surface area (Å²) in [4.78, 5) is 4.75. The first kappa shape index (κ1) is 14.4. The minimum Gasteiger partial charge on any atom is -0.366 e. The average Bonchev–Trinajstić information content (AvgIpc) is 2.52. The molecule has 0 radical (unpaired) electrons. The monoisotopic (exact) mass is 321 g/mol. The second-order valence-corrected chi connectivity index (χ2v) is 6.18. The fourth-order valence-electron chi connectivity index (χ4n) is 2.59. The smallest absolute Gasteiger partial charge is 0.0643 e. The minimum absolute atomic E-state index is 0.279. The van der Waals surface area contributed by atoms with Gasteiger partial charge in [-0.3, -0.25) is 0 Å².